The van der Waals surface area contributed by atoms with Crippen LogP contribution in [-0.2, 0) is 9.59 Å². The van der Waals surface area contributed by atoms with E-state index in [1.54, 1.807) is 0 Å². The van der Waals surface area contributed by atoms with Crippen molar-refractivity contribution in [3.63, 3.8) is 0 Å². The van der Waals surface area contributed by atoms with Crippen LogP contribution in [-0.4, -0.2) is 45.6 Å². The van der Waals surface area contributed by atoms with Crippen molar-refractivity contribution in [2.75, 3.05) is 11.6 Å². The second-order valence-corrected chi connectivity index (χ2v) is 6.01. The molecule has 1 fully saturated rings. The summed E-state index contributed by atoms with van der Waals surface area (Å²) < 4.78 is 0. The topological polar surface area (TPSA) is 83.6 Å². The minimum Gasteiger partial charge on any atom is -0.480 e. The number of hydrogen-bond acceptors (Lipinski definition) is 4. The quantitative estimate of drug-likeness (QED) is 0.734. The van der Waals surface area contributed by atoms with Gasteiger partial charge in [-0.1, -0.05) is 20.8 Å². The van der Waals surface area contributed by atoms with E-state index < -0.39 is 18.1 Å². The zero-order chi connectivity index (χ0) is 12.5. The minimum absolute atomic E-state index is 0.273. The molecule has 0 radical (unpaired) electrons. The summed E-state index contributed by atoms with van der Waals surface area (Å²) in [7, 11) is 0. The third kappa shape index (κ3) is 2.68. The first-order chi connectivity index (χ1) is 7.25. The summed E-state index contributed by atoms with van der Waals surface area (Å²) in [6.07, 6.45) is 0. The Labute approximate surface area is 99.4 Å². The number of carboxylic acid groups (broad SMARTS) is 1. The number of nitrogens with two attached hydrogens (primary N) is 1. The lowest BCUT2D eigenvalue weighted by Crippen LogP contribution is -2.53. The number of nitrogens with zero attached hydrogens (tertiary/aromatic N) is 1. The maximum absolute atomic E-state index is 12.0. The van der Waals surface area contributed by atoms with Crippen molar-refractivity contribution in [2.24, 2.45) is 11.1 Å². The summed E-state index contributed by atoms with van der Waals surface area (Å²) in [5.41, 5.74) is 5.49. The molecular weight excluding hydrogens is 228 g/mol. The summed E-state index contributed by atoms with van der Waals surface area (Å²) in [6.45, 7) is 5.61. The van der Waals surface area contributed by atoms with E-state index in [-0.39, 0.29) is 11.3 Å². The van der Waals surface area contributed by atoms with E-state index in [1.807, 2.05) is 20.8 Å². The van der Waals surface area contributed by atoms with Crippen molar-refractivity contribution in [1.82, 2.24) is 4.90 Å². The zero-order valence-electron chi connectivity index (χ0n) is 9.77. The fraction of sp³-hybridized carbons (Fsp3) is 0.800. The third-order valence-electron chi connectivity index (χ3n) is 2.65. The molecule has 0 bridgehead atoms. The van der Waals surface area contributed by atoms with E-state index >= 15 is 0 Å². The first-order valence-electron chi connectivity index (χ1n) is 5.11. The molecule has 0 saturated carbocycles. The van der Waals surface area contributed by atoms with Crippen molar-refractivity contribution in [2.45, 2.75) is 32.9 Å². The monoisotopic (exact) mass is 246 g/mol. The molecule has 0 aliphatic carbocycles. The number of hydrogen-bond donors (Lipinski definition) is 2. The van der Waals surface area contributed by atoms with Crippen molar-refractivity contribution in [3.8, 4) is 0 Å². The molecule has 1 rings (SSSR count). The van der Waals surface area contributed by atoms with Gasteiger partial charge in [0.1, 0.15) is 6.04 Å². The van der Waals surface area contributed by atoms with Crippen LogP contribution in [0.25, 0.3) is 0 Å². The normalized spacial score (nSPS) is 23.2. The molecule has 0 aromatic heterocycles. The predicted molar refractivity (Wildman–Crippen MR) is 63.0 cm³/mol. The molecular formula is C10H18N2O3S. The Morgan fingerprint density at radius 2 is 2.06 bits per heavy atom. The van der Waals surface area contributed by atoms with Gasteiger partial charge in [0, 0.05) is 5.75 Å². The first-order valence-corrected chi connectivity index (χ1v) is 6.27. The number of thioether (sulfide) groups is 1. The van der Waals surface area contributed by atoms with Gasteiger partial charge in [0.25, 0.3) is 0 Å². The third-order valence-corrected chi connectivity index (χ3v) is 3.66. The summed E-state index contributed by atoms with van der Waals surface area (Å²) >= 11 is 1.44. The van der Waals surface area contributed by atoms with Crippen LogP contribution in [0.15, 0.2) is 0 Å². The van der Waals surface area contributed by atoms with Gasteiger partial charge in [-0.2, -0.15) is 0 Å². The number of aliphatic carboxylic acids is 1. The van der Waals surface area contributed by atoms with Gasteiger partial charge in [-0.25, -0.2) is 4.79 Å². The van der Waals surface area contributed by atoms with Gasteiger partial charge in [0.15, 0.2) is 0 Å². The summed E-state index contributed by atoms with van der Waals surface area (Å²) in [6, 6.07) is -1.39. The van der Waals surface area contributed by atoms with Gasteiger partial charge in [-0.3, -0.25) is 4.79 Å². The molecule has 3 N–H and O–H groups in total. The lowest BCUT2D eigenvalue weighted by Gasteiger charge is -2.31. The Bertz CT molecular complexity index is 301. The Morgan fingerprint density at radius 1 is 1.50 bits per heavy atom. The SMILES string of the molecule is CC(C)(C)C(N)C(=O)N1CSC[C@H]1C(=O)O. The molecule has 1 unspecified atom stereocenters. The number of carboxylic acids is 1. The summed E-state index contributed by atoms with van der Waals surface area (Å²) in [5, 5.41) is 8.97. The molecule has 2 atom stereocenters. The van der Waals surface area contributed by atoms with Gasteiger partial charge >= 0.3 is 5.97 Å². The first kappa shape index (κ1) is 13.3. The van der Waals surface area contributed by atoms with Crippen molar-refractivity contribution >= 4 is 23.6 Å². The zero-order valence-corrected chi connectivity index (χ0v) is 10.6. The highest BCUT2D eigenvalue weighted by Gasteiger charge is 2.39. The van der Waals surface area contributed by atoms with Gasteiger partial charge < -0.3 is 15.7 Å². The van der Waals surface area contributed by atoms with E-state index in [4.69, 9.17) is 10.8 Å². The average Bonchev–Trinajstić information content (AvgIpc) is 2.62. The molecule has 92 valence electrons. The van der Waals surface area contributed by atoms with Crippen LogP contribution in [0, 0.1) is 5.41 Å². The highest BCUT2D eigenvalue weighted by molar-refractivity contribution is 7.99. The second-order valence-electron chi connectivity index (χ2n) is 5.01. The van der Waals surface area contributed by atoms with Gasteiger partial charge in [-0.05, 0) is 5.41 Å². The van der Waals surface area contributed by atoms with Crippen LogP contribution in [0.4, 0.5) is 0 Å². The van der Waals surface area contributed by atoms with Gasteiger partial charge in [0.2, 0.25) is 5.91 Å². The lowest BCUT2D eigenvalue weighted by atomic mass is 9.86. The van der Waals surface area contributed by atoms with Crippen LogP contribution in [0.2, 0.25) is 0 Å². The predicted octanol–water partition coefficient (Wildman–Crippen LogP) is 0.346. The minimum atomic E-state index is -0.959. The Kier molecular flexibility index (Phi) is 3.85. The molecule has 1 heterocycles. The van der Waals surface area contributed by atoms with Crippen molar-refractivity contribution in [3.05, 3.63) is 0 Å². The molecule has 0 aromatic rings. The number of rotatable bonds is 2. The number of carbonyl (C=O) groups excluding carboxylic acids is 1. The summed E-state index contributed by atoms with van der Waals surface area (Å²) in [4.78, 5) is 24.3. The molecule has 0 spiro atoms. The molecule has 0 aromatic carbocycles. The Hall–Kier alpha value is -0.750. The van der Waals surface area contributed by atoms with E-state index in [0.717, 1.165) is 0 Å². The fourth-order valence-electron chi connectivity index (χ4n) is 1.41. The molecule has 1 amide bonds. The fourth-order valence-corrected chi connectivity index (χ4v) is 2.57. The number of amides is 1. The average molecular weight is 246 g/mol. The van der Waals surface area contributed by atoms with E-state index in [9.17, 15) is 9.59 Å². The highest BCUT2D eigenvalue weighted by Crippen LogP contribution is 2.25. The van der Waals surface area contributed by atoms with Crippen LogP contribution < -0.4 is 5.73 Å². The van der Waals surface area contributed by atoms with Crippen molar-refractivity contribution in [1.29, 1.82) is 0 Å². The van der Waals surface area contributed by atoms with E-state index in [1.165, 1.54) is 16.7 Å². The van der Waals surface area contributed by atoms with Gasteiger partial charge in [-0.15, -0.1) is 11.8 Å². The van der Waals surface area contributed by atoms with Crippen LogP contribution in [0.5, 0.6) is 0 Å². The standard InChI is InChI=1S/C10H18N2O3S/c1-10(2,3)7(11)8(13)12-5-16-4-6(12)9(14)15/h6-7H,4-5,11H2,1-3H3,(H,14,15)/t6-,7?/m0/s1. The van der Waals surface area contributed by atoms with Crippen molar-refractivity contribution < 1.29 is 14.7 Å². The maximum Gasteiger partial charge on any atom is 0.327 e. The molecule has 1 aliphatic heterocycles. The van der Waals surface area contributed by atoms with E-state index in [2.05, 4.69) is 0 Å². The molecule has 6 heteroatoms. The van der Waals surface area contributed by atoms with Gasteiger partial charge in [0.05, 0.1) is 11.9 Å². The maximum atomic E-state index is 12.0. The molecule has 1 saturated heterocycles. The summed E-state index contributed by atoms with van der Waals surface area (Å²) in [5.74, 6) is -0.373. The Balaban J connectivity index is 2.77. The smallest absolute Gasteiger partial charge is 0.327 e. The number of carbonyl (C=O) groups is 2. The molecule has 5 nitrogen and oxygen atoms in total. The second kappa shape index (κ2) is 4.63. The molecule has 16 heavy (non-hydrogen) atoms. The largest absolute Gasteiger partial charge is 0.480 e. The lowest BCUT2D eigenvalue weighted by molar-refractivity contribution is -0.149. The Morgan fingerprint density at radius 3 is 2.50 bits per heavy atom. The molecule has 1 aliphatic rings. The van der Waals surface area contributed by atoms with Crippen LogP contribution in [0.3, 0.4) is 0 Å². The highest BCUT2D eigenvalue weighted by atomic mass is 32.2. The van der Waals surface area contributed by atoms with Crippen LogP contribution in [0.1, 0.15) is 20.8 Å². The van der Waals surface area contributed by atoms with E-state index in [0.29, 0.717) is 11.6 Å². The van der Waals surface area contributed by atoms with Crippen LogP contribution >= 0.6 is 11.8 Å².